The number of aromatic amines is 1. The van der Waals surface area contributed by atoms with Crippen molar-refractivity contribution >= 4 is 34.1 Å². The third-order valence-corrected chi connectivity index (χ3v) is 7.99. The van der Waals surface area contributed by atoms with Crippen LogP contribution in [0.4, 0.5) is 11.4 Å². The van der Waals surface area contributed by atoms with E-state index >= 15 is 0 Å². The summed E-state index contributed by atoms with van der Waals surface area (Å²) in [5.41, 5.74) is 4.22. The molecular formula is C32H34N6O5. The lowest BCUT2D eigenvalue weighted by atomic mass is 10.1. The molecule has 0 aliphatic carbocycles. The third-order valence-electron chi connectivity index (χ3n) is 7.99. The molecule has 0 spiro atoms. The zero-order chi connectivity index (χ0) is 29.9. The number of carbonyl (C=O) groups excluding carboxylic acids is 2. The maximum absolute atomic E-state index is 12.9. The lowest BCUT2D eigenvalue weighted by molar-refractivity contribution is -0.133. The quantitative estimate of drug-likeness (QED) is 0.268. The number of imide groups is 1. The Labute approximate surface area is 248 Å². The van der Waals surface area contributed by atoms with Gasteiger partial charge in [0.25, 0.3) is 5.56 Å². The average Bonchev–Trinajstić information content (AvgIpc) is 3.02. The maximum atomic E-state index is 12.9. The van der Waals surface area contributed by atoms with Crippen molar-refractivity contribution in [2.24, 2.45) is 0 Å². The summed E-state index contributed by atoms with van der Waals surface area (Å²) in [4.78, 5) is 48.8. The number of hydrogen-bond donors (Lipinski definition) is 3. The SMILES string of the molecule is COc1cc(OC)c2c(=O)[nH]c(-c3ccc(N4CCN(Cc5cccc(NC6CCC(=O)NC6=O)c5)CC4)cc3)nc2c1. The van der Waals surface area contributed by atoms with Crippen molar-refractivity contribution in [3.63, 3.8) is 0 Å². The van der Waals surface area contributed by atoms with Gasteiger partial charge in [0, 0.05) is 68.2 Å². The Balaban J connectivity index is 1.08. The highest BCUT2D eigenvalue weighted by molar-refractivity contribution is 6.01. The van der Waals surface area contributed by atoms with Crippen molar-refractivity contribution in [3.05, 3.63) is 76.6 Å². The molecule has 3 heterocycles. The summed E-state index contributed by atoms with van der Waals surface area (Å²) in [7, 11) is 3.08. The van der Waals surface area contributed by atoms with Gasteiger partial charge >= 0.3 is 0 Å². The van der Waals surface area contributed by atoms with E-state index in [-0.39, 0.29) is 17.4 Å². The summed E-state index contributed by atoms with van der Waals surface area (Å²) in [5, 5.41) is 6.05. The Bertz CT molecular complexity index is 1710. The van der Waals surface area contributed by atoms with E-state index in [1.54, 1.807) is 19.2 Å². The molecule has 2 amide bonds. The monoisotopic (exact) mass is 582 g/mol. The van der Waals surface area contributed by atoms with Crippen LogP contribution in [0.5, 0.6) is 11.5 Å². The van der Waals surface area contributed by atoms with Crippen LogP contribution in [0.2, 0.25) is 0 Å². The average molecular weight is 583 g/mol. The molecule has 0 radical (unpaired) electrons. The molecule has 0 bridgehead atoms. The van der Waals surface area contributed by atoms with Gasteiger partial charge in [0.1, 0.15) is 28.8 Å². The summed E-state index contributed by atoms with van der Waals surface area (Å²) in [5.74, 6) is 0.987. The molecule has 1 aromatic heterocycles. The van der Waals surface area contributed by atoms with Crippen LogP contribution in [-0.2, 0) is 16.1 Å². The van der Waals surface area contributed by atoms with Crippen molar-refractivity contribution in [2.45, 2.75) is 25.4 Å². The minimum Gasteiger partial charge on any atom is -0.497 e. The van der Waals surface area contributed by atoms with Crippen molar-refractivity contribution in [1.82, 2.24) is 20.2 Å². The van der Waals surface area contributed by atoms with Crippen LogP contribution in [-0.4, -0.2) is 73.1 Å². The number of hydrogen-bond acceptors (Lipinski definition) is 9. The second-order valence-corrected chi connectivity index (χ2v) is 10.8. The number of ether oxygens (including phenoxy) is 2. The first-order valence-corrected chi connectivity index (χ1v) is 14.3. The molecule has 11 heteroatoms. The van der Waals surface area contributed by atoms with Crippen molar-refractivity contribution in [3.8, 4) is 22.9 Å². The Morgan fingerprint density at radius 3 is 2.47 bits per heavy atom. The van der Waals surface area contributed by atoms with E-state index in [1.807, 2.05) is 24.3 Å². The van der Waals surface area contributed by atoms with Crippen molar-refractivity contribution < 1.29 is 19.1 Å². The van der Waals surface area contributed by atoms with E-state index < -0.39 is 6.04 Å². The molecule has 11 nitrogen and oxygen atoms in total. The van der Waals surface area contributed by atoms with Gasteiger partial charge in [-0.25, -0.2) is 4.98 Å². The van der Waals surface area contributed by atoms with Gasteiger partial charge in [0.05, 0.1) is 19.7 Å². The molecule has 4 aromatic rings. The number of piperazine rings is 1. The van der Waals surface area contributed by atoms with Gasteiger partial charge in [-0.3, -0.25) is 24.6 Å². The Hall–Kier alpha value is -4.90. The molecule has 43 heavy (non-hydrogen) atoms. The fraction of sp³-hybridized carbons (Fsp3) is 0.312. The molecule has 2 aliphatic heterocycles. The predicted molar refractivity (Wildman–Crippen MR) is 165 cm³/mol. The lowest BCUT2D eigenvalue weighted by Gasteiger charge is -2.36. The molecular weight excluding hydrogens is 548 g/mol. The number of aromatic nitrogens is 2. The normalized spacial score (nSPS) is 17.5. The first-order valence-electron chi connectivity index (χ1n) is 14.3. The summed E-state index contributed by atoms with van der Waals surface area (Å²) in [6.07, 6.45) is 0.847. The molecule has 6 rings (SSSR count). The van der Waals surface area contributed by atoms with Crippen molar-refractivity contribution in [2.75, 3.05) is 50.6 Å². The number of amides is 2. The molecule has 2 aliphatic rings. The number of H-pyrrole nitrogens is 1. The number of anilines is 2. The van der Waals surface area contributed by atoms with Gasteiger partial charge < -0.3 is 24.7 Å². The minimum absolute atomic E-state index is 0.215. The number of rotatable bonds is 8. The number of nitrogens with one attached hydrogen (secondary N) is 3. The van der Waals surface area contributed by atoms with Crippen LogP contribution in [0.15, 0.2) is 65.5 Å². The molecule has 1 unspecified atom stereocenters. The smallest absolute Gasteiger partial charge is 0.262 e. The fourth-order valence-electron chi connectivity index (χ4n) is 5.67. The number of carbonyl (C=O) groups is 2. The number of benzene rings is 3. The first kappa shape index (κ1) is 28.2. The van der Waals surface area contributed by atoms with Crippen LogP contribution in [0, 0.1) is 0 Å². The van der Waals surface area contributed by atoms with Gasteiger partial charge in [0.15, 0.2) is 0 Å². The Morgan fingerprint density at radius 1 is 0.953 bits per heavy atom. The fourth-order valence-corrected chi connectivity index (χ4v) is 5.67. The van der Waals surface area contributed by atoms with Gasteiger partial charge in [-0.2, -0.15) is 0 Å². The van der Waals surface area contributed by atoms with Gasteiger partial charge in [-0.1, -0.05) is 12.1 Å². The van der Waals surface area contributed by atoms with Crippen molar-refractivity contribution in [1.29, 1.82) is 0 Å². The summed E-state index contributed by atoms with van der Waals surface area (Å²) >= 11 is 0. The number of nitrogens with zero attached hydrogens (tertiary/aromatic N) is 3. The highest BCUT2D eigenvalue weighted by atomic mass is 16.5. The summed E-state index contributed by atoms with van der Waals surface area (Å²) in [6.45, 7) is 4.41. The minimum atomic E-state index is -0.396. The molecule has 0 saturated carbocycles. The van der Waals surface area contributed by atoms with E-state index in [1.165, 1.54) is 12.7 Å². The number of methoxy groups -OCH3 is 2. The zero-order valence-electron chi connectivity index (χ0n) is 24.2. The molecule has 2 saturated heterocycles. The molecule has 1 atom stereocenters. The van der Waals surface area contributed by atoms with Crippen LogP contribution in [0.25, 0.3) is 22.3 Å². The van der Waals surface area contributed by atoms with Gasteiger partial charge in [-0.05, 0) is 48.4 Å². The summed E-state index contributed by atoms with van der Waals surface area (Å²) in [6, 6.07) is 19.2. The maximum Gasteiger partial charge on any atom is 0.262 e. The largest absolute Gasteiger partial charge is 0.497 e. The van der Waals surface area contributed by atoms with Crippen LogP contribution < -0.4 is 30.6 Å². The molecule has 222 valence electrons. The van der Waals surface area contributed by atoms with E-state index in [0.29, 0.717) is 41.1 Å². The second-order valence-electron chi connectivity index (χ2n) is 10.8. The van der Waals surface area contributed by atoms with Crippen LogP contribution in [0.1, 0.15) is 18.4 Å². The van der Waals surface area contributed by atoms with E-state index in [2.05, 4.69) is 54.7 Å². The molecule has 2 fully saturated rings. The van der Waals surface area contributed by atoms with E-state index in [4.69, 9.17) is 9.47 Å². The van der Waals surface area contributed by atoms with Gasteiger partial charge in [0.2, 0.25) is 11.8 Å². The van der Waals surface area contributed by atoms with E-state index in [9.17, 15) is 14.4 Å². The summed E-state index contributed by atoms with van der Waals surface area (Å²) < 4.78 is 10.7. The highest BCUT2D eigenvalue weighted by Gasteiger charge is 2.26. The highest BCUT2D eigenvalue weighted by Crippen LogP contribution is 2.29. The zero-order valence-corrected chi connectivity index (χ0v) is 24.2. The topological polar surface area (TPSA) is 129 Å². The predicted octanol–water partition coefficient (Wildman–Crippen LogP) is 3.15. The number of fused-ring (bicyclic) bond motifs is 1. The molecule has 3 N–H and O–H groups in total. The lowest BCUT2D eigenvalue weighted by Crippen LogP contribution is -2.47. The second kappa shape index (κ2) is 12.1. The van der Waals surface area contributed by atoms with E-state index in [0.717, 1.165) is 49.7 Å². The van der Waals surface area contributed by atoms with Crippen LogP contribution in [0.3, 0.4) is 0 Å². The number of piperidine rings is 1. The third kappa shape index (κ3) is 6.17. The Kier molecular flexibility index (Phi) is 7.97. The van der Waals surface area contributed by atoms with Gasteiger partial charge in [-0.15, -0.1) is 0 Å². The standard InChI is InChI=1S/C32H34N6O5/c1-42-24-17-26-29(27(18-24)43-2)32(41)36-30(34-26)21-6-8-23(9-7-21)38-14-12-37(13-15-38)19-20-4-3-5-22(16-20)33-25-10-11-28(39)35-31(25)40/h3-9,16-18,25,33H,10-15,19H2,1-2H3,(H,34,36,41)(H,35,39,40). The first-order chi connectivity index (χ1) is 20.9. The molecule has 3 aromatic carbocycles. The van der Waals surface area contributed by atoms with Crippen LogP contribution >= 0.6 is 0 Å². The Morgan fingerprint density at radius 2 is 1.74 bits per heavy atom.